The predicted molar refractivity (Wildman–Crippen MR) is 165 cm³/mol. The third-order valence-corrected chi connectivity index (χ3v) is 9.38. The zero-order valence-corrected chi connectivity index (χ0v) is 29.5. The monoisotopic (exact) mass is 654 g/mol. The van der Waals surface area contributed by atoms with Gasteiger partial charge in [-0.15, -0.1) is 0 Å². The first kappa shape index (κ1) is 36.1. The molecule has 2 atom stereocenters. The number of aliphatic hydroxyl groups excluding tert-OH is 2. The molecule has 2 heterocycles. The molecule has 2 amide bonds. The van der Waals surface area contributed by atoms with Crippen LogP contribution in [0.15, 0.2) is 35.8 Å². The van der Waals surface area contributed by atoms with Gasteiger partial charge in [0, 0.05) is 0 Å². The number of halogens is 2. The summed E-state index contributed by atoms with van der Waals surface area (Å²) in [6, 6.07) is 7.14. The maximum absolute atomic E-state index is 12.4. The molecule has 12 heteroatoms. The molecule has 2 aliphatic carbocycles. The van der Waals surface area contributed by atoms with Crippen molar-refractivity contribution in [3.05, 3.63) is 68.1 Å². The van der Waals surface area contributed by atoms with Gasteiger partial charge in [0.25, 0.3) is 11.8 Å². The van der Waals surface area contributed by atoms with Crippen LogP contribution in [0.5, 0.6) is 11.5 Å². The second-order valence-electron chi connectivity index (χ2n) is 12.0. The van der Waals surface area contributed by atoms with Crippen molar-refractivity contribution in [2.24, 2.45) is 11.8 Å². The molecule has 44 heavy (non-hydrogen) atoms. The maximum Gasteiger partial charge on any atom is 1.00 e. The van der Waals surface area contributed by atoms with Crippen molar-refractivity contribution in [3.8, 4) is 11.5 Å². The largest absolute Gasteiger partial charge is 1.00 e. The summed E-state index contributed by atoms with van der Waals surface area (Å²) in [6.07, 6.45) is 4.03. The fraction of sp³-hybridized carbons (Fsp3) is 0.438. The minimum atomic E-state index is -0.689. The molecular weight excluding hydrogens is 618 g/mol. The molecule has 9 nitrogen and oxygen atoms in total. The van der Waals surface area contributed by atoms with Gasteiger partial charge in [0.15, 0.2) is 0 Å². The van der Waals surface area contributed by atoms with E-state index in [1.165, 1.54) is 14.2 Å². The zero-order chi connectivity index (χ0) is 30.7. The van der Waals surface area contributed by atoms with E-state index in [4.69, 9.17) is 32.7 Å². The molecular formula is C32H37Cl2N2NaO7. The molecule has 232 valence electrons. The molecule has 0 spiro atoms. The Kier molecular flexibility index (Phi) is 10.8. The van der Waals surface area contributed by atoms with Gasteiger partial charge in [-0.05, 0) is 101 Å². The number of hydrogen-bond acceptors (Lipinski definition) is 7. The van der Waals surface area contributed by atoms with Crippen LogP contribution in [-0.4, -0.2) is 52.8 Å². The standard InChI is InChI=1S/2C16H18ClNO3.Na.H2O/c2*1-8-6-10(17)12(11(7-8)21-3)13-14(19)16(2,9-4-5-9)18-15(13)20;;/h2*6-7,9,19H,4-5H2,1-3H3,(H,18,20);;1H2/q;;+1;/p-1. The predicted octanol–water partition coefficient (Wildman–Crippen LogP) is 3.28. The van der Waals surface area contributed by atoms with Gasteiger partial charge in [-0.1, -0.05) is 23.2 Å². The molecule has 6 rings (SSSR count). The first-order valence-corrected chi connectivity index (χ1v) is 14.7. The van der Waals surface area contributed by atoms with Crippen LogP contribution in [0.4, 0.5) is 0 Å². The quantitative estimate of drug-likeness (QED) is 0.350. The number of ether oxygens (including phenoxy) is 2. The fourth-order valence-corrected chi connectivity index (χ4v) is 6.77. The third-order valence-electron chi connectivity index (χ3n) is 8.78. The van der Waals surface area contributed by atoms with Gasteiger partial charge in [-0.2, -0.15) is 0 Å². The van der Waals surface area contributed by atoms with Crippen LogP contribution in [0, 0.1) is 25.7 Å². The molecule has 2 fully saturated rings. The van der Waals surface area contributed by atoms with E-state index < -0.39 is 11.1 Å². The second kappa shape index (κ2) is 13.1. The molecule has 2 aromatic rings. The average Bonchev–Trinajstić information content (AvgIpc) is 3.83. The molecule has 5 N–H and O–H groups in total. The van der Waals surface area contributed by atoms with Gasteiger partial charge in [-0.3, -0.25) is 9.59 Å². The maximum atomic E-state index is 12.4. The summed E-state index contributed by atoms with van der Waals surface area (Å²) in [5.74, 6) is 1.10. The van der Waals surface area contributed by atoms with Crippen molar-refractivity contribution in [2.45, 2.75) is 64.5 Å². The van der Waals surface area contributed by atoms with Gasteiger partial charge in [0.2, 0.25) is 0 Å². The van der Waals surface area contributed by atoms with Gasteiger partial charge >= 0.3 is 29.6 Å². The molecule has 0 radical (unpaired) electrons. The zero-order valence-electron chi connectivity index (χ0n) is 26.0. The molecule has 0 aromatic heterocycles. The number of hydrogen-bond donors (Lipinski definition) is 4. The minimum Gasteiger partial charge on any atom is -0.870 e. The number of nitrogens with one attached hydrogen (secondary N) is 2. The number of methoxy groups -OCH3 is 2. The van der Waals surface area contributed by atoms with E-state index in [1.54, 1.807) is 12.1 Å². The number of aryl methyl sites for hydroxylation is 2. The molecule has 4 aliphatic rings. The number of rotatable bonds is 6. The topological polar surface area (TPSA) is 147 Å². The van der Waals surface area contributed by atoms with Gasteiger partial charge in [0.1, 0.15) is 23.0 Å². The Morgan fingerprint density at radius 3 is 1.32 bits per heavy atom. The van der Waals surface area contributed by atoms with E-state index in [0.29, 0.717) is 32.7 Å². The van der Waals surface area contributed by atoms with Gasteiger partial charge < -0.3 is 35.8 Å². The SMILES string of the molecule is COc1cc(C)cc(Cl)c1C1=C(O)C(C)(C2CC2)NC1=O.COc1cc(C)cc(Cl)c1C1=C(O)C(C)(C2CC2)NC1=O.[Na+].[OH-]. The van der Waals surface area contributed by atoms with Crippen molar-refractivity contribution in [1.82, 2.24) is 10.6 Å². The number of aliphatic hydroxyl groups is 2. The Hall–Kier alpha value is -2.40. The van der Waals surface area contributed by atoms with Crippen LogP contribution in [-0.2, 0) is 9.59 Å². The van der Waals surface area contributed by atoms with E-state index in [2.05, 4.69) is 10.6 Å². The van der Waals surface area contributed by atoms with Crippen molar-refractivity contribution < 1.29 is 64.3 Å². The Morgan fingerprint density at radius 1 is 0.727 bits per heavy atom. The van der Waals surface area contributed by atoms with Crippen molar-refractivity contribution in [3.63, 3.8) is 0 Å². The van der Waals surface area contributed by atoms with Crippen molar-refractivity contribution in [1.29, 1.82) is 0 Å². The molecule has 2 saturated carbocycles. The molecule has 2 unspecified atom stereocenters. The van der Waals surface area contributed by atoms with E-state index >= 15 is 0 Å². The van der Waals surface area contributed by atoms with E-state index in [1.807, 2.05) is 39.8 Å². The summed E-state index contributed by atoms with van der Waals surface area (Å²) in [5.41, 5.74) is 1.87. The summed E-state index contributed by atoms with van der Waals surface area (Å²) in [7, 11) is 3.05. The third kappa shape index (κ3) is 6.19. The van der Waals surface area contributed by atoms with Crippen molar-refractivity contribution >= 4 is 46.2 Å². The first-order valence-electron chi connectivity index (χ1n) is 14.0. The Labute approximate surface area is 289 Å². The van der Waals surface area contributed by atoms with Gasteiger partial charge in [-0.25, -0.2) is 0 Å². The minimum absolute atomic E-state index is 0. The second-order valence-corrected chi connectivity index (χ2v) is 12.8. The summed E-state index contributed by atoms with van der Waals surface area (Å²) >= 11 is 12.6. The fourth-order valence-electron chi connectivity index (χ4n) is 6.05. The smallest absolute Gasteiger partial charge is 0.870 e. The summed E-state index contributed by atoms with van der Waals surface area (Å²) in [6.45, 7) is 7.52. The summed E-state index contributed by atoms with van der Waals surface area (Å²) in [5, 5.41) is 27.9. The van der Waals surface area contributed by atoms with Crippen LogP contribution >= 0.6 is 23.2 Å². The number of carbonyl (C=O) groups is 2. The number of carbonyl (C=O) groups excluding carboxylic acids is 2. The van der Waals surface area contributed by atoms with Crippen LogP contribution < -0.4 is 49.7 Å². The van der Waals surface area contributed by atoms with E-state index in [9.17, 15) is 19.8 Å². The van der Waals surface area contributed by atoms with Crippen LogP contribution in [0.3, 0.4) is 0 Å². The molecule has 0 saturated heterocycles. The Morgan fingerprint density at radius 2 is 1.05 bits per heavy atom. The summed E-state index contributed by atoms with van der Waals surface area (Å²) < 4.78 is 10.7. The Balaban J connectivity index is 0.000000230. The average molecular weight is 656 g/mol. The van der Waals surface area contributed by atoms with Gasteiger partial charge in [0.05, 0.1) is 57.6 Å². The van der Waals surface area contributed by atoms with E-state index in [-0.39, 0.29) is 81.3 Å². The molecule has 2 aromatic carbocycles. The van der Waals surface area contributed by atoms with Crippen LogP contribution in [0.1, 0.15) is 61.8 Å². The number of amides is 2. The molecule has 0 bridgehead atoms. The van der Waals surface area contributed by atoms with Crippen LogP contribution in [0.25, 0.3) is 11.1 Å². The first-order chi connectivity index (χ1) is 19.8. The van der Waals surface area contributed by atoms with E-state index in [0.717, 1.165) is 36.8 Å². The Bertz CT molecular complexity index is 1450. The van der Waals surface area contributed by atoms with Crippen molar-refractivity contribution in [2.75, 3.05) is 14.2 Å². The van der Waals surface area contributed by atoms with Crippen LogP contribution in [0.2, 0.25) is 10.0 Å². The summed E-state index contributed by atoms with van der Waals surface area (Å²) in [4.78, 5) is 24.8. The normalized spacial score (nSPS) is 24.1. The number of benzene rings is 2. The molecule has 2 aliphatic heterocycles.